The average molecular weight is 242 g/mol. The first-order chi connectivity index (χ1) is 8.19. The van der Waals surface area contributed by atoms with Crippen molar-refractivity contribution in [1.29, 1.82) is 5.26 Å². The van der Waals surface area contributed by atoms with Crippen molar-refractivity contribution in [3.05, 3.63) is 41.9 Å². The molecule has 2 aromatic heterocycles. The van der Waals surface area contributed by atoms with Crippen molar-refractivity contribution in [3.8, 4) is 6.07 Å². The molecule has 0 atom stereocenters. The second-order valence-electron chi connectivity index (χ2n) is 3.46. The minimum absolute atomic E-state index is 0.604. The zero-order valence-corrected chi connectivity index (χ0v) is 10.0. The number of nitrogen functional groups attached to an aromatic ring is 1. The van der Waals surface area contributed by atoms with Gasteiger partial charge in [0.2, 0.25) is 0 Å². The normalized spacial score (nSPS) is 9.88. The quantitative estimate of drug-likeness (QED) is 0.875. The van der Waals surface area contributed by atoms with Gasteiger partial charge in [-0.3, -0.25) is 4.98 Å². The molecule has 0 saturated heterocycles. The summed E-state index contributed by atoms with van der Waals surface area (Å²) in [6.45, 7) is 1.86. The second-order valence-corrected chi connectivity index (χ2v) is 4.53. The van der Waals surface area contributed by atoms with Gasteiger partial charge in [0.15, 0.2) is 0 Å². The number of aryl methyl sites for hydroxylation is 1. The zero-order valence-electron chi connectivity index (χ0n) is 9.21. The van der Waals surface area contributed by atoms with Crippen molar-refractivity contribution in [2.45, 2.75) is 16.8 Å². The van der Waals surface area contributed by atoms with Crippen LogP contribution in [0.5, 0.6) is 0 Å². The molecule has 0 amide bonds. The van der Waals surface area contributed by atoms with Gasteiger partial charge in [-0.15, -0.1) is 0 Å². The van der Waals surface area contributed by atoms with Gasteiger partial charge in [-0.1, -0.05) is 11.8 Å². The smallest absolute Gasteiger partial charge is 0.102 e. The van der Waals surface area contributed by atoms with Crippen molar-refractivity contribution in [1.82, 2.24) is 9.97 Å². The summed E-state index contributed by atoms with van der Waals surface area (Å²) in [7, 11) is 0. The van der Waals surface area contributed by atoms with E-state index in [1.165, 1.54) is 11.8 Å². The summed E-state index contributed by atoms with van der Waals surface area (Å²) in [5.41, 5.74) is 7.83. The van der Waals surface area contributed by atoms with Crippen LogP contribution < -0.4 is 5.73 Å². The Morgan fingerprint density at radius 3 is 2.94 bits per heavy atom. The Morgan fingerprint density at radius 1 is 1.41 bits per heavy atom. The molecule has 2 heterocycles. The summed E-state index contributed by atoms with van der Waals surface area (Å²) in [6.07, 6.45) is 3.28. The first kappa shape index (κ1) is 11.4. The molecule has 0 unspecified atom stereocenters. The molecule has 5 heteroatoms. The van der Waals surface area contributed by atoms with Gasteiger partial charge in [0, 0.05) is 16.8 Å². The van der Waals surface area contributed by atoms with E-state index in [0.717, 1.165) is 15.6 Å². The summed E-state index contributed by atoms with van der Waals surface area (Å²) in [5.74, 6) is 0. The Bertz CT molecular complexity index is 589. The zero-order chi connectivity index (χ0) is 12.3. The van der Waals surface area contributed by atoms with E-state index in [4.69, 9.17) is 11.0 Å². The molecule has 4 nitrogen and oxygen atoms in total. The maximum atomic E-state index is 8.89. The molecule has 0 fully saturated rings. The Balaban J connectivity index is 2.34. The number of hydrogen-bond acceptors (Lipinski definition) is 5. The van der Waals surface area contributed by atoms with Crippen LogP contribution in [0.2, 0.25) is 0 Å². The van der Waals surface area contributed by atoms with Crippen molar-refractivity contribution >= 4 is 17.4 Å². The number of rotatable bonds is 2. The van der Waals surface area contributed by atoms with Crippen LogP contribution in [0.3, 0.4) is 0 Å². The number of nitrogens with two attached hydrogens (primary N) is 1. The van der Waals surface area contributed by atoms with Crippen LogP contribution in [-0.4, -0.2) is 9.97 Å². The van der Waals surface area contributed by atoms with E-state index in [-0.39, 0.29) is 0 Å². The van der Waals surface area contributed by atoms with E-state index in [1.54, 1.807) is 24.5 Å². The molecule has 17 heavy (non-hydrogen) atoms. The summed E-state index contributed by atoms with van der Waals surface area (Å²) in [6, 6.07) is 7.44. The maximum absolute atomic E-state index is 8.89. The number of anilines is 1. The third-order valence-electron chi connectivity index (χ3n) is 2.08. The van der Waals surface area contributed by atoms with Crippen LogP contribution in [0.1, 0.15) is 11.3 Å². The molecule has 84 valence electrons. The van der Waals surface area contributed by atoms with E-state index >= 15 is 0 Å². The molecule has 0 aliphatic rings. The lowest BCUT2D eigenvalue weighted by atomic mass is 10.2. The molecule has 2 aromatic rings. The fraction of sp³-hybridized carbons (Fsp3) is 0.0833. The fourth-order valence-corrected chi connectivity index (χ4v) is 2.25. The van der Waals surface area contributed by atoms with Crippen LogP contribution in [0, 0.1) is 18.3 Å². The van der Waals surface area contributed by atoms with Gasteiger partial charge >= 0.3 is 0 Å². The van der Waals surface area contributed by atoms with E-state index in [2.05, 4.69) is 16.0 Å². The predicted molar refractivity (Wildman–Crippen MR) is 66.5 cm³/mol. The second kappa shape index (κ2) is 4.85. The van der Waals surface area contributed by atoms with E-state index in [0.29, 0.717) is 11.3 Å². The minimum Gasteiger partial charge on any atom is -0.397 e. The van der Waals surface area contributed by atoms with Gasteiger partial charge in [0.25, 0.3) is 0 Å². The lowest BCUT2D eigenvalue weighted by Crippen LogP contribution is -1.91. The maximum Gasteiger partial charge on any atom is 0.102 e. The molecular weight excluding hydrogens is 232 g/mol. The Morgan fingerprint density at radius 2 is 2.24 bits per heavy atom. The highest BCUT2D eigenvalue weighted by atomic mass is 32.2. The highest BCUT2D eigenvalue weighted by molar-refractivity contribution is 7.99. The van der Waals surface area contributed by atoms with Gasteiger partial charge < -0.3 is 5.73 Å². The van der Waals surface area contributed by atoms with Gasteiger partial charge in [-0.25, -0.2) is 4.98 Å². The largest absolute Gasteiger partial charge is 0.397 e. The standard InChI is InChI=1S/C12H10N4S/c1-8-4-9(6-13)5-12(16-8)17-11-2-3-15-7-10(11)14/h2-5,7H,14H2,1H3. The summed E-state index contributed by atoms with van der Waals surface area (Å²) in [4.78, 5) is 9.17. The molecule has 0 radical (unpaired) electrons. The number of nitriles is 1. The predicted octanol–water partition coefficient (Wildman–Crippen LogP) is 2.39. The molecule has 0 aliphatic heterocycles. The fourth-order valence-electron chi connectivity index (χ4n) is 1.35. The van der Waals surface area contributed by atoms with E-state index < -0.39 is 0 Å². The molecule has 0 bridgehead atoms. The van der Waals surface area contributed by atoms with Gasteiger partial charge in [0.1, 0.15) is 5.03 Å². The minimum atomic E-state index is 0.604. The van der Waals surface area contributed by atoms with Crippen molar-refractivity contribution in [2.24, 2.45) is 0 Å². The van der Waals surface area contributed by atoms with Crippen molar-refractivity contribution in [2.75, 3.05) is 5.73 Å². The molecule has 0 aromatic carbocycles. The molecular formula is C12H10N4S. The monoisotopic (exact) mass is 242 g/mol. The lowest BCUT2D eigenvalue weighted by Gasteiger charge is -2.04. The van der Waals surface area contributed by atoms with E-state index in [1.807, 2.05) is 13.0 Å². The Kier molecular flexibility index (Phi) is 3.26. The van der Waals surface area contributed by atoms with Crippen LogP contribution in [0.4, 0.5) is 5.69 Å². The Hall–Kier alpha value is -2.06. The van der Waals surface area contributed by atoms with Crippen molar-refractivity contribution in [3.63, 3.8) is 0 Å². The highest BCUT2D eigenvalue weighted by Crippen LogP contribution is 2.30. The van der Waals surface area contributed by atoms with E-state index in [9.17, 15) is 0 Å². The molecule has 0 aliphatic carbocycles. The number of pyridine rings is 2. The van der Waals surface area contributed by atoms with Gasteiger partial charge in [-0.05, 0) is 25.1 Å². The summed E-state index contributed by atoms with van der Waals surface area (Å²) in [5, 5.41) is 9.65. The van der Waals surface area contributed by atoms with Crippen LogP contribution in [-0.2, 0) is 0 Å². The molecule has 0 spiro atoms. The lowest BCUT2D eigenvalue weighted by molar-refractivity contribution is 1.06. The first-order valence-electron chi connectivity index (χ1n) is 4.95. The third kappa shape index (κ3) is 2.74. The Labute approximate surface area is 104 Å². The van der Waals surface area contributed by atoms with Crippen LogP contribution in [0.25, 0.3) is 0 Å². The molecule has 0 saturated carbocycles. The number of nitrogens with zero attached hydrogens (tertiary/aromatic N) is 3. The average Bonchev–Trinajstić information content (AvgIpc) is 2.31. The highest BCUT2D eigenvalue weighted by Gasteiger charge is 2.05. The molecule has 2 N–H and O–H groups in total. The third-order valence-corrected chi connectivity index (χ3v) is 3.09. The number of aromatic nitrogens is 2. The van der Waals surface area contributed by atoms with Crippen LogP contribution in [0.15, 0.2) is 40.5 Å². The summed E-state index contributed by atoms with van der Waals surface area (Å²) >= 11 is 1.43. The van der Waals surface area contributed by atoms with Gasteiger partial charge in [0.05, 0.1) is 23.5 Å². The van der Waals surface area contributed by atoms with Crippen molar-refractivity contribution < 1.29 is 0 Å². The summed E-state index contributed by atoms with van der Waals surface area (Å²) < 4.78 is 0. The topological polar surface area (TPSA) is 75.6 Å². The molecule has 2 rings (SSSR count). The SMILES string of the molecule is Cc1cc(C#N)cc(Sc2ccncc2N)n1. The van der Waals surface area contributed by atoms with Crippen LogP contribution >= 0.6 is 11.8 Å². The number of hydrogen-bond donors (Lipinski definition) is 1. The van der Waals surface area contributed by atoms with Gasteiger partial charge in [-0.2, -0.15) is 5.26 Å². The first-order valence-corrected chi connectivity index (χ1v) is 5.77.